The zero-order chi connectivity index (χ0) is 20.0. The summed E-state index contributed by atoms with van der Waals surface area (Å²) in [5.74, 6) is 1.54. The second-order valence-corrected chi connectivity index (χ2v) is 8.29. The molecule has 0 saturated carbocycles. The van der Waals surface area contributed by atoms with Gasteiger partial charge in [-0.15, -0.1) is 0 Å². The van der Waals surface area contributed by atoms with Gasteiger partial charge in [-0.1, -0.05) is 38.1 Å². The summed E-state index contributed by atoms with van der Waals surface area (Å²) in [6.07, 6.45) is 1.70. The Hall–Kier alpha value is -2.31. The van der Waals surface area contributed by atoms with Crippen molar-refractivity contribution in [2.24, 2.45) is 0 Å². The smallest absolute Gasteiger partial charge is 0.142 e. The predicted molar refractivity (Wildman–Crippen MR) is 111 cm³/mol. The molecule has 148 valence electrons. The van der Waals surface area contributed by atoms with Crippen LogP contribution in [0.1, 0.15) is 35.8 Å². The topological polar surface area (TPSA) is 47.0 Å². The van der Waals surface area contributed by atoms with Gasteiger partial charge in [0, 0.05) is 24.9 Å². The number of nitrogens with zero attached hydrogens (tertiary/aromatic N) is 2. The molecule has 0 fully saturated rings. The van der Waals surface area contributed by atoms with E-state index in [0.717, 1.165) is 41.5 Å². The molecule has 0 aliphatic heterocycles. The Morgan fingerprint density at radius 1 is 1.11 bits per heavy atom. The first-order chi connectivity index (χ1) is 13.5. The lowest BCUT2D eigenvalue weighted by Gasteiger charge is -2.25. The number of nitrogens with one attached hydrogen (secondary N) is 1. The van der Waals surface area contributed by atoms with E-state index in [-0.39, 0.29) is 11.2 Å². The van der Waals surface area contributed by atoms with Crippen LogP contribution in [0.25, 0.3) is 0 Å². The van der Waals surface area contributed by atoms with Crippen LogP contribution in [0.15, 0.2) is 48.5 Å². The molecule has 0 bridgehead atoms. The van der Waals surface area contributed by atoms with Gasteiger partial charge in [0.2, 0.25) is 0 Å². The van der Waals surface area contributed by atoms with Crippen LogP contribution in [0, 0.1) is 5.82 Å². The van der Waals surface area contributed by atoms with Gasteiger partial charge in [-0.2, -0.15) is 4.37 Å². The van der Waals surface area contributed by atoms with E-state index in [9.17, 15) is 4.39 Å². The fraction of sp³-hybridized carbons (Fsp3) is 0.364. The van der Waals surface area contributed by atoms with Crippen molar-refractivity contribution in [3.8, 4) is 5.75 Å². The van der Waals surface area contributed by atoms with E-state index < -0.39 is 0 Å². The van der Waals surface area contributed by atoms with E-state index in [2.05, 4.69) is 34.6 Å². The highest BCUT2D eigenvalue weighted by atomic mass is 32.1. The zero-order valence-electron chi connectivity index (χ0n) is 16.5. The van der Waals surface area contributed by atoms with Gasteiger partial charge in [-0.3, -0.25) is 0 Å². The van der Waals surface area contributed by atoms with Gasteiger partial charge in [0.25, 0.3) is 0 Å². The lowest BCUT2D eigenvalue weighted by molar-refractivity contribution is 0.414. The molecule has 6 heteroatoms. The minimum absolute atomic E-state index is 0.0897. The molecule has 0 amide bonds. The number of methoxy groups -OCH3 is 1. The molecule has 2 aromatic carbocycles. The first kappa shape index (κ1) is 20.4. The number of ether oxygens (including phenoxy) is 1. The number of hydrogen-bond donors (Lipinski definition) is 1. The summed E-state index contributed by atoms with van der Waals surface area (Å²) in [7, 11) is 1.68. The van der Waals surface area contributed by atoms with Gasteiger partial charge in [-0.25, -0.2) is 9.37 Å². The van der Waals surface area contributed by atoms with Crippen LogP contribution in [0.3, 0.4) is 0 Å². The third kappa shape index (κ3) is 5.59. The summed E-state index contributed by atoms with van der Waals surface area (Å²) in [5, 5.41) is 4.44. The quantitative estimate of drug-likeness (QED) is 0.574. The van der Waals surface area contributed by atoms with Crippen LogP contribution in [0.4, 0.5) is 4.39 Å². The van der Waals surface area contributed by atoms with Crippen molar-refractivity contribution < 1.29 is 9.13 Å². The second kappa shape index (κ2) is 9.26. The van der Waals surface area contributed by atoms with Crippen molar-refractivity contribution in [3.05, 3.63) is 76.3 Å². The van der Waals surface area contributed by atoms with Crippen LogP contribution < -0.4 is 10.1 Å². The molecule has 3 rings (SSSR count). The summed E-state index contributed by atoms with van der Waals surface area (Å²) in [6, 6.07) is 14.8. The van der Waals surface area contributed by atoms with Crippen molar-refractivity contribution in [1.29, 1.82) is 0 Å². The maximum absolute atomic E-state index is 13.1. The largest absolute Gasteiger partial charge is 0.497 e. The summed E-state index contributed by atoms with van der Waals surface area (Å²) >= 11 is 1.44. The molecule has 1 aromatic heterocycles. The molecule has 0 saturated heterocycles. The second-order valence-electron chi connectivity index (χ2n) is 7.45. The molecule has 0 aliphatic rings. The fourth-order valence-electron chi connectivity index (χ4n) is 3.03. The average molecular weight is 400 g/mol. The molecule has 0 aliphatic carbocycles. The maximum Gasteiger partial charge on any atom is 0.142 e. The SMILES string of the molecule is COc1cccc(CCc2nsc(CNCC(C)(C)c3ccc(F)cc3)n2)c1. The molecule has 4 nitrogen and oxygen atoms in total. The minimum atomic E-state index is -0.206. The van der Waals surface area contributed by atoms with E-state index in [4.69, 9.17) is 4.74 Å². The Labute approximate surface area is 170 Å². The van der Waals surface area contributed by atoms with Crippen molar-refractivity contribution >= 4 is 11.5 Å². The first-order valence-corrected chi connectivity index (χ1v) is 10.1. The Kier molecular flexibility index (Phi) is 6.75. The summed E-state index contributed by atoms with van der Waals surface area (Å²) < 4.78 is 22.9. The van der Waals surface area contributed by atoms with Gasteiger partial charge < -0.3 is 10.1 Å². The number of rotatable bonds is 9. The Bertz CT molecular complexity index is 893. The van der Waals surface area contributed by atoms with Crippen LogP contribution >= 0.6 is 11.5 Å². The van der Waals surface area contributed by atoms with Gasteiger partial charge in [-0.05, 0) is 53.3 Å². The van der Waals surface area contributed by atoms with Gasteiger partial charge in [0.15, 0.2) is 0 Å². The summed E-state index contributed by atoms with van der Waals surface area (Å²) in [6.45, 7) is 5.75. The molecule has 28 heavy (non-hydrogen) atoms. The van der Waals surface area contributed by atoms with Crippen molar-refractivity contribution in [3.63, 3.8) is 0 Å². The Balaban J connectivity index is 1.48. The maximum atomic E-state index is 13.1. The first-order valence-electron chi connectivity index (χ1n) is 9.37. The molecule has 0 radical (unpaired) electrons. The Morgan fingerprint density at radius 3 is 2.64 bits per heavy atom. The lowest BCUT2D eigenvalue weighted by atomic mass is 9.84. The molecule has 1 heterocycles. The zero-order valence-corrected chi connectivity index (χ0v) is 17.4. The number of aromatic nitrogens is 2. The standard InChI is InChI=1S/C22H26FN3OS/c1-22(2,17-8-10-18(23)11-9-17)15-24-14-21-25-20(26-28-21)12-7-16-5-4-6-19(13-16)27-3/h4-6,8-11,13,24H,7,12,14-15H2,1-3H3. The van der Waals surface area contributed by atoms with Crippen LogP contribution in [-0.2, 0) is 24.8 Å². The van der Waals surface area contributed by atoms with Crippen molar-refractivity contribution in [2.75, 3.05) is 13.7 Å². The molecule has 0 atom stereocenters. The number of aryl methyl sites for hydroxylation is 2. The van der Waals surface area contributed by atoms with Crippen LogP contribution in [0.5, 0.6) is 5.75 Å². The lowest BCUT2D eigenvalue weighted by Crippen LogP contribution is -2.32. The highest BCUT2D eigenvalue weighted by molar-refractivity contribution is 7.05. The highest BCUT2D eigenvalue weighted by Gasteiger charge is 2.20. The molecule has 0 spiro atoms. The van der Waals surface area contributed by atoms with E-state index in [1.807, 2.05) is 30.3 Å². The molecule has 3 aromatic rings. The van der Waals surface area contributed by atoms with E-state index >= 15 is 0 Å². The molecular weight excluding hydrogens is 373 g/mol. The van der Waals surface area contributed by atoms with Crippen molar-refractivity contribution in [2.45, 2.75) is 38.6 Å². The number of benzene rings is 2. The highest BCUT2D eigenvalue weighted by Crippen LogP contribution is 2.22. The number of halogens is 1. The van der Waals surface area contributed by atoms with E-state index in [1.165, 1.54) is 29.2 Å². The predicted octanol–water partition coefficient (Wildman–Crippen LogP) is 4.54. The van der Waals surface area contributed by atoms with Crippen LogP contribution in [-0.4, -0.2) is 23.0 Å². The third-order valence-electron chi connectivity index (χ3n) is 4.75. The Morgan fingerprint density at radius 2 is 1.89 bits per heavy atom. The minimum Gasteiger partial charge on any atom is -0.497 e. The van der Waals surface area contributed by atoms with E-state index in [0.29, 0.717) is 6.54 Å². The normalized spacial score (nSPS) is 11.6. The molecule has 1 N–H and O–H groups in total. The number of hydrogen-bond acceptors (Lipinski definition) is 5. The molecular formula is C22H26FN3OS. The average Bonchev–Trinajstić information content (AvgIpc) is 3.14. The summed E-state index contributed by atoms with van der Waals surface area (Å²) in [4.78, 5) is 4.64. The third-order valence-corrected chi connectivity index (χ3v) is 5.50. The van der Waals surface area contributed by atoms with Crippen LogP contribution in [0.2, 0.25) is 0 Å². The van der Waals surface area contributed by atoms with Crippen molar-refractivity contribution in [1.82, 2.24) is 14.7 Å². The fourth-order valence-corrected chi connectivity index (χ4v) is 3.69. The van der Waals surface area contributed by atoms with E-state index in [1.54, 1.807) is 7.11 Å². The van der Waals surface area contributed by atoms with Gasteiger partial charge in [0.05, 0.1) is 7.11 Å². The van der Waals surface area contributed by atoms with Gasteiger partial charge >= 0.3 is 0 Å². The monoisotopic (exact) mass is 399 g/mol. The summed E-state index contributed by atoms with van der Waals surface area (Å²) in [5.41, 5.74) is 2.24. The molecule has 0 unspecified atom stereocenters. The van der Waals surface area contributed by atoms with Gasteiger partial charge in [0.1, 0.15) is 22.4 Å².